The number of nitrogens with zero attached hydrogens (tertiary/aromatic N) is 2. The van der Waals surface area contributed by atoms with Crippen molar-refractivity contribution >= 4 is 12.3 Å². The Balaban J connectivity index is 2.53. The zero-order valence-corrected chi connectivity index (χ0v) is 10.8. The van der Waals surface area contributed by atoms with Gasteiger partial charge in [0.25, 0.3) is 0 Å². The standard InChI is InChI=1S/C13H9F3N2O3/c1-2-21-13(20)12-7(6-19)5-18(17-12)11-4-9(15)8(14)3-10(11)16/h3-6H,2H2,1H3. The molecule has 0 saturated carbocycles. The third-order valence-electron chi connectivity index (χ3n) is 2.57. The maximum Gasteiger partial charge on any atom is 0.359 e. The molecule has 1 aromatic carbocycles. The lowest BCUT2D eigenvalue weighted by Crippen LogP contribution is -2.09. The van der Waals surface area contributed by atoms with Crippen LogP contribution in [0.2, 0.25) is 0 Å². The number of carbonyl (C=O) groups is 2. The van der Waals surface area contributed by atoms with E-state index >= 15 is 0 Å². The van der Waals surface area contributed by atoms with Gasteiger partial charge in [0.2, 0.25) is 0 Å². The van der Waals surface area contributed by atoms with Gasteiger partial charge >= 0.3 is 5.97 Å². The fourth-order valence-corrected chi connectivity index (χ4v) is 1.64. The fraction of sp³-hybridized carbons (Fsp3) is 0.154. The molecule has 8 heteroatoms. The second-order valence-corrected chi connectivity index (χ2v) is 3.93. The average Bonchev–Trinajstić information content (AvgIpc) is 2.87. The molecular weight excluding hydrogens is 289 g/mol. The van der Waals surface area contributed by atoms with Gasteiger partial charge in [-0.05, 0) is 6.92 Å². The van der Waals surface area contributed by atoms with Crippen LogP contribution in [0.5, 0.6) is 0 Å². The van der Waals surface area contributed by atoms with Gasteiger partial charge in [-0.3, -0.25) is 4.79 Å². The Morgan fingerprint density at radius 3 is 2.57 bits per heavy atom. The lowest BCUT2D eigenvalue weighted by atomic mass is 10.2. The third kappa shape index (κ3) is 2.78. The highest BCUT2D eigenvalue weighted by Crippen LogP contribution is 2.19. The summed E-state index contributed by atoms with van der Waals surface area (Å²) < 4.78 is 45.2. The molecule has 0 N–H and O–H groups in total. The van der Waals surface area contributed by atoms with Crippen LogP contribution in [-0.4, -0.2) is 28.6 Å². The van der Waals surface area contributed by atoms with Crippen molar-refractivity contribution in [2.24, 2.45) is 0 Å². The van der Waals surface area contributed by atoms with Gasteiger partial charge in [0, 0.05) is 18.3 Å². The molecule has 0 unspecified atom stereocenters. The Morgan fingerprint density at radius 2 is 1.95 bits per heavy atom. The summed E-state index contributed by atoms with van der Waals surface area (Å²) in [6.45, 7) is 1.62. The van der Waals surface area contributed by atoms with Crippen molar-refractivity contribution in [3.05, 3.63) is 47.0 Å². The average molecular weight is 298 g/mol. The quantitative estimate of drug-likeness (QED) is 0.493. The zero-order valence-electron chi connectivity index (χ0n) is 10.8. The minimum Gasteiger partial charge on any atom is -0.461 e. The van der Waals surface area contributed by atoms with Crippen LogP contribution < -0.4 is 0 Å². The first-order chi connectivity index (χ1) is 9.97. The molecule has 0 aliphatic heterocycles. The van der Waals surface area contributed by atoms with Crippen LogP contribution in [0.3, 0.4) is 0 Å². The van der Waals surface area contributed by atoms with E-state index in [9.17, 15) is 22.8 Å². The lowest BCUT2D eigenvalue weighted by molar-refractivity contribution is 0.0517. The Labute approximate surface area is 116 Å². The first-order valence-corrected chi connectivity index (χ1v) is 5.84. The van der Waals surface area contributed by atoms with E-state index in [0.717, 1.165) is 10.9 Å². The molecule has 5 nitrogen and oxygen atoms in total. The summed E-state index contributed by atoms with van der Waals surface area (Å²) >= 11 is 0. The van der Waals surface area contributed by atoms with Crippen LogP contribution in [0.4, 0.5) is 13.2 Å². The maximum absolute atomic E-state index is 13.6. The van der Waals surface area contributed by atoms with Crippen LogP contribution >= 0.6 is 0 Å². The topological polar surface area (TPSA) is 61.2 Å². The van der Waals surface area contributed by atoms with Gasteiger partial charge < -0.3 is 4.74 Å². The Morgan fingerprint density at radius 1 is 1.29 bits per heavy atom. The van der Waals surface area contributed by atoms with Gasteiger partial charge in [-0.15, -0.1) is 0 Å². The van der Waals surface area contributed by atoms with E-state index in [4.69, 9.17) is 4.74 Å². The Bertz CT molecular complexity index is 713. The number of benzene rings is 1. The van der Waals surface area contributed by atoms with Crippen molar-refractivity contribution in [3.8, 4) is 5.69 Å². The van der Waals surface area contributed by atoms with E-state index in [-0.39, 0.29) is 17.9 Å². The SMILES string of the molecule is CCOC(=O)c1nn(-c2cc(F)c(F)cc2F)cc1C=O. The number of hydrogen-bond donors (Lipinski definition) is 0. The molecule has 0 fully saturated rings. The van der Waals surface area contributed by atoms with Crippen molar-refractivity contribution < 1.29 is 27.5 Å². The van der Waals surface area contributed by atoms with Crippen LogP contribution in [-0.2, 0) is 4.74 Å². The van der Waals surface area contributed by atoms with Crippen LogP contribution in [0.25, 0.3) is 5.69 Å². The molecule has 1 heterocycles. The molecule has 0 aliphatic carbocycles. The molecule has 1 aromatic heterocycles. The number of esters is 1. The monoisotopic (exact) mass is 298 g/mol. The molecule has 0 radical (unpaired) electrons. The van der Waals surface area contributed by atoms with Gasteiger partial charge in [-0.25, -0.2) is 22.6 Å². The minimum absolute atomic E-state index is 0.0591. The lowest BCUT2D eigenvalue weighted by Gasteiger charge is -2.04. The molecule has 2 aromatic rings. The summed E-state index contributed by atoms with van der Waals surface area (Å²) in [5, 5.41) is 3.68. The molecule has 21 heavy (non-hydrogen) atoms. The van der Waals surface area contributed by atoms with Crippen molar-refractivity contribution in [1.29, 1.82) is 0 Å². The summed E-state index contributed by atoms with van der Waals surface area (Å²) in [6, 6.07) is 0.915. The van der Waals surface area contributed by atoms with Crippen LogP contribution in [0, 0.1) is 17.5 Å². The van der Waals surface area contributed by atoms with Crippen molar-refractivity contribution in [2.45, 2.75) is 6.92 Å². The smallest absolute Gasteiger partial charge is 0.359 e. The zero-order chi connectivity index (χ0) is 15.6. The molecule has 0 spiro atoms. The van der Waals surface area contributed by atoms with Gasteiger partial charge in [-0.2, -0.15) is 5.10 Å². The highest BCUT2D eigenvalue weighted by atomic mass is 19.2. The van der Waals surface area contributed by atoms with Crippen LogP contribution in [0.1, 0.15) is 27.8 Å². The second-order valence-electron chi connectivity index (χ2n) is 3.93. The molecule has 110 valence electrons. The highest BCUT2D eigenvalue weighted by molar-refractivity contribution is 5.96. The van der Waals surface area contributed by atoms with Gasteiger partial charge in [0.1, 0.15) is 5.69 Å². The molecule has 2 rings (SSSR count). The van der Waals surface area contributed by atoms with Crippen LogP contribution in [0.15, 0.2) is 18.3 Å². The van der Waals surface area contributed by atoms with E-state index in [0.29, 0.717) is 18.4 Å². The number of carbonyl (C=O) groups excluding carboxylic acids is 2. The molecule has 0 bridgehead atoms. The normalized spacial score (nSPS) is 10.5. The first kappa shape index (κ1) is 14.8. The minimum atomic E-state index is -1.36. The van der Waals surface area contributed by atoms with Gasteiger partial charge in [0.05, 0.1) is 12.2 Å². The molecular formula is C13H9F3N2O3. The first-order valence-electron chi connectivity index (χ1n) is 5.84. The number of aldehydes is 1. The maximum atomic E-state index is 13.6. The Hall–Kier alpha value is -2.64. The molecule has 0 atom stereocenters. The fourth-order valence-electron chi connectivity index (χ4n) is 1.64. The van der Waals surface area contributed by atoms with Gasteiger partial charge in [0.15, 0.2) is 29.4 Å². The van der Waals surface area contributed by atoms with E-state index in [1.54, 1.807) is 6.92 Å². The summed E-state index contributed by atoms with van der Waals surface area (Å²) in [4.78, 5) is 22.5. The molecule has 0 saturated heterocycles. The molecule has 0 amide bonds. The Kier molecular flexibility index (Phi) is 4.06. The number of rotatable bonds is 4. The van der Waals surface area contributed by atoms with E-state index in [2.05, 4.69) is 5.10 Å². The second kappa shape index (κ2) is 5.78. The summed E-state index contributed by atoms with van der Waals surface area (Å²) in [6.07, 6.45) is 1.35. The van der Waals surface area contributed by atoms with E-state index in [1.165, 1.54) is 0 Å². The number of hydrogen-bond acceptors (Lipinski definition) is 4. The summed E-state index contributed by atoms with van der Waals surface area (Å²) in [5.74, 6) is -4.61. The van der Waals surface area contributed by atoms with Crippen molar-refractivity contribution in [1.82, 2.24) is 9.78 Å². The largest absolute Gasteiger partial charge is 0.461 e. The summed E-state index contributed by atoms with van der Waals surface area (Å²) in [7, 11) is 0. The van der Waals surface area contributed by atoms with Crippen molar-refractivity contribution in [2.75, 3.05) is 6.61 Å². The highest BCUT2D eigenvalue weighted by Gasteiger charge is 2.20. The van der Waals surface area contributed by atoms with Crippen molar-refractivity contribution in [3.63, 3.8) is 0 Å². The predicted octanol–water partition coefficient (Wildman–Crippen LogP) is 2.28. The van der Waals surface area contributed by atoms with E-state index in [1.807, 2.05) is 0 Å². The van der Waals surface area contributed by atoms with E-state index < -0.39 is 29.1 Å². The number of aromatic nitrogens is 2. The van der Waals surface area contributed by atoms with Gasteiger partial charge in [-0.1, -0.05) is 0 Å². The number of halogens is 3. The third-order valence-corrected chi connectivity index (χ3v) is 2.57. The number of ether oxygens (including phenoxy) is 1. The predicted molar refractivity (Wildman–Crippen MR) is 64.8 cm³/mol. The summed E-state index contributed by atoms with van der Waals surface area (Å²) in [5.41, 5.74) is -0.930. The molecule has 0 aliphatic rings.